The van der Waals surface area contributed by atoms with E-state index in [9.17, 15) is 0 Å². The van der Waals surface area contributed by atoms with Gasteiger partial charge < -0.3 is 4.57 Å². The molecule has 0 spiro atoms. The molecule has 1 aromatic carbocycles. The zero-order valence-electron chi connectivity index (χ0n) is 10.2. The topological polar surface area (TPSA) is 17.8 Å². The minimum atomic E-state index is 0.311. The highest BCUT2D eigenvalue weighted by Gasteiger charge is 2.09. The molecule has 0 radical (unpaired) electrons. The molecular weight excluding hydrogens is 240 g/mol. The Hall–Kier alpha value is -1.87. The molecule has 0 N–H and O–H groups in total. The van der Waals surface area contributed by atoms with E-state index in [1.807, 2.05) is 12.4 Å². The summed E-state index contributed by atoms with van der Waals surface area (Å²) in [7, 11) is 0. The fourth-order valence-corrected chi connectivity index (χ4v) is 2.66. The van der Waals surface area contributed by atoms with Gasteiger partial charge in [-0.1, -0.05) is 30.3 Å². The molecule has 1 atom stereocenters. The summed E-state index contributed by atoms with van der Waals surface area (Å²) in [6.07, 6.45) is 4.02. The quantitative estimate of drug-likeness (QED) is 0.684. The molecule has 0 bridgehead atoms. The minimum Gasteiger partial charge on any atom is -0.330 e. The van der Waals surface area contributed by atoms with E-state index in [1.165, 1.54) is 11.1 Å². The summed E-state index contributed by atoms with van der Waals surface area (Å²) in [4.78, 5) is 4.47. The van der Waals surface area contributed by atoms with Crippen molar-refractivity contribution in [1.82, 2.24) is 9.55 Å². The molecule has 0 aliphatic heterocycles. The molecule has 2 aromatic heterocycles. The van der Waals surface area contributed by atoms with Crippen LogP contribution < -0.4 is 0 Å². The minimum absolute atomic E-state index is 0.311. The molecule has 3 aromatic rings. The lowest BCUT2D eigenvalue weighted by Crippen LogP contribution is -2.03. The first-order chi connectivity index (χ1) is 8.84. The van der Waals surface area contributed by atoms with Crippen molar-refractivity contribution >= 4 is 11.3 Å². The maximum absolute atomic E-state index is 4.47. The first kappa shape index (κ1) is 11.2. The first-order valence-corrected chi connectivity index (χ1v) is 6.90. The molecule has 3 rings (SSSR count). The van der Waals surface area contributed by atoms with Gasteiger partial charge in [-0.3, -0.25) is 0 Å². The van der Waals surface area contributed by atoms with Gasteiger partial charge in [-0.25, -0.2) is 4.98 Å². The van der Waals surface area contributed by atoms with Crippen molar-refractivity contribution in [2.24, 2.45) is 0 Å². The molecule has 0 saturated heterocycles. The van der Waals surface area contributed by atoms with E-state index < -0.39 is 0 Å². The van der Waals surface area contributed by atoms with Crippen LogP contribution in [0.1, 0.15) is 18.5 Å². The molecule has 0 saturated carbocycles. The first-order valence-electron chi connectivity index (χ1n) is 5.95. The van der Waals surface area contributed by atoms with Crippen LogP contribution in [-0.2, 0) is 0 Å². The highest BCUT2D eigenvalue weighted by Crippen LogP contribution is 2.23. The van der Waals surface area contributed by atoms with Crippen molar-refractivity contribution in [3.8, 4) is 11.3 Å². The zero-order valence-corrected chi connectivity index (χ0v) is 11.0. The fourth-order valence-electron chi connectivity index (χ4n) is 2.01. The van der Waals surface area contributed by atoms with Crippen LogP contribution in [0.4, 0.5) is 0 Å². The Morgan fingerprint density at radius 3 is 2.72 bits per heavy atom. The molecule has 0 fully saturated rings. The molecular formula is C15H14N2S. The van der Waals surface area contributed by atoms with Crippen LogP contribution in [0.5, 0.6) is 0 Å². The van der Waals surface area contributed by atoms with Crippen LogP contribution in [0.25, 0.3) is 11.3 Å². The Labute approximate surface area is 111 Å². The maximum atomic E-state index is 4.47. The lowest BCUT2D eigenvalue weighted by molar-refractivity contribution is 0.638. The Kier molecular flexibility index (Phi) is 2.99. The average molecular weight is 254 g/mol. The smallest absolute Gasteiger partial charge is 0.0959 e. The summed E-state index contributed by atoms with van der Waals surface area (Å²) >= 11 is 1.70. The number of nitrogens with zero attached hydrogens (tertiary/aromatic N) is 2. The number of hydrogen-bond donors (Lipinski definition) is 0. The molecule has 0 unspecified atom stereocenters. The number of aromatic nitrogens is 2. The van der Waals surface area contributed by atoms with Crippen molar-refractivity contribution in [2.45, 2.75) is 13.0 Å². The van der Waals surface area contributed by atoms with E-state index >= 15 is 0 Å². The highest BCUT2D eigenvalue weighted by atomic mass is 32.1. The average Bonchev–Trinajstić information content (AvgIpc) is 3.09. The standard InChI is InChI=1S/C15H14N2S/c1-12(13-5-3-2-4-6-13)17-9-15(16-11-17)14-7-8-18-10-14/h2-12H,1H3/t12-/m0/s1. The fraction of sp³-hybridized carbons (Fsp3) is 0.133. The number of benzene rings is 1. The third-order valence-electron chi connectivity index (χ3n) is 3.15. The van der Waals surface area contributed by atoms with Crippen LogP contribution in [-0.4, -0.2) is 9.55 Å². The third-order valence-corrected chi connectivity index (χ3v) is 3.83. The van der Waals surface area contributed by atoms with Crippen LogP contribution in [0.3, 0.4) is 0 Å². The predicted molar refractivity (Wildman–Crippen MR) is 75.8 cm³/mol. The third kappa shape index (κ3) is 2.09. The second-order valence-corrected chi connectivity index (χ2v) is 5.08. The van der Waals surface area contributed by atoms with Crippen LogP contribution in [0, 0.1) is 0 Å². The van der Waals surface area contributed by atoms with E-state index in [-0.39, 0.29) is 0 Å². The zero-order chi connectivity index (χ0) is 12.4. The Balaban J connectivity index is 1.90. The molecule has 0 amide bonds. The van der Waals surface area contributed by atoms with Crippen molar-refractivity contribution in [3.63, 3.8) is 0 Å². The van der Waals surface area contributed by atoms with E-state index in [0.717, 1.165) is 5.69 Å². The molecule has 2 nitrogen and oxygen atoms in total. The van der Waals surface area contributed by atoms with Gasteiger partial charge >= 0.3 is 0 Å². The highest BCUT2D eigenvalue weighted by molar-refractivity contribution is 7.08. The summed E-state index contributed by atoms with van der Waals surface area (Å²) < 4.78 is 2.16. The van der Waals surface area contributed by atoms with E-state index in [2.05, 4.69) is 63.8 Å². The Morgan fingerprint density at radius 2 is 2.00 bits per heavy atom. The number of thiophene rings is 1. The summed E-state index contributed by atoms with van der Waals surface area (Å²) in [6, 6.07) is 12.9. The van der Waals surface area contributed by atoms with E-state index in [4.69, 9.17) is 0 Å². The maximum Gasteiger partial charge on any atom is 0.0959 e. The van der Waals surface area contributed by atoms with Gasteiger partial charge in [0.2, 0.25) is 0 Å². The van der Waals surface area contributed by atoms with Gasteiger partial charge in [0.15, 0.2) is 0 Å². The van der Waals surface area contributed by atoms with E-state index in [0.29, 0.717) is 6.04 Å². The SMILES string of the molecule is C[C@@H](c1ccccc1)n1cnc(-c2ccsc2)c1. The molecule has 0 aliphatic rings. The molecule has 18 heavy (non-hydrogen) atoms. The number of imidazole rings is 1. The van der Waals surface area contributed by atoms with Gasteiger partial charge in [-0.05, 0) is 23.9 Å². The van der Waals surface area contributed by atoms with Crippen molar-refractivity contribution < 1.29 is 0 Å². The summed E-state index contributed by atoms with van der Waals surface area (Å²) in [5, 5.41) is 4.20. The molecule has 2 heterocycles. The molecule has 3 heteroatoms. The normalized spacial score (nSPS) is 12.5. The van der Waals surface area contributed by atoms with Gasteiger partial charge in [-0.2, -0.15) is 11.3 Å². The monoisotopic (exact) mass is 254 g/mol. The Bertz CT molecular complexity index is 611. The van der Waals surface area contributed by atoms with Crippen LogP contribution >= 0.6 is 11.3 Å². The lowest BCUT2D eigenvalue weighted by Gasteiger charge is -2.12. The second kappa shape index (κ2) is 4.78. The van der Waals surface area contributed by atoms with Crippen molar-refractivity contribution in [2.75, 3.05) is 0 Å². The van der Waals surface area contributed by atoms with Crippen molar-refractivity contribution in [1.29, 1.82) is 0 Å². The van der Waals surface area contributed by atoms with Gasteiger partial charge in [0.25, 0.3) is 0 Å². The van der Waals surface area contributed by atoms with Crippen LogP contribution in [0.15, 0.2) is 59.7 Å². The predicted octanol–water partition coefficient (Wildman–Crippen LogP) is 4.22. The van der Waals surface area contributed by atoms with Gasteiger partial charge in [-0.15, -0.1) is 0 Å². The van der Waals surface area contributed by atoms with E-state index in [1.54, 1.807) is 11.3 Å². The number of hydrogen-bond acceptors (Lipinski definition) is 2. The second-order valence-electron chi connectivity index (χ2n) is 4.30. The summed E-state index contributed by atoms with van der Waals surface area (Å²) in [6.45, 7) is 2.19. The lowest BCUT2D eigenvalue weighted by atomic mass is 10.1. The summed E-state index contributed by atoms with van der Waals surface area (Å²) in [5.41, 5.74) is 3.53. The number of rotatable bonds is 3. The van der Waals surface area contributed by atoms with Gasteiger partial charge in [0, 0.05) is 17.1 Å². The molecule has 90 valence electrons. The van der Waals surface area contributed by atoms with Crippen molar-refractivity contribution in [3.05, 3.63) is 65.2 Å². The van der Waals surface area contributed by atoms with Gasteiger partial charge in [0.1, 0.15) is 0 Å². The Morgan fingerprint density at radius 1 is 1.17 bits per heavy atom. The van der Waals surface area contributed by atoms with Gasteiger partial charge in [0.05, 0.1) is 18.1 Å². The van der Waals surface area contributed by atoms with Crippen LogP contribution in [0.2, 0.25) is 0 Å². The largest absolute Gasteiger partial charge is 0.330 e. The summed E-state index contributed by atoms with van der Waals surface area (Å²) in [5.74, 6) is 0. The molecule has 0 aliphatic carbocycles.